The fourth-order valence-electron chi connectivity index (χ4n) is 3.66. The molecule has 0 bridgehead atoms. The van der Waals surface area contributed by atoms with Gasteiger partial charge < -0.3 is 15.2 Å². The predicted octanol–water partition coefficient (Wildman–Crippen LogP) is 2.77. The zero-order valence-corrected chi connectivity index (χ0v) is 17.0. The number of nitrogens with one attached hydrogen (secondary N) is 2. The highest BCUT2D eigenvalue weighted by molar-refractivity contribution is 5.91. The minimum absolute atomic E-state index is 0.0228. The Hall–Kier alpha value is -3.62. The molecule has 0 radical (unpaired) electrons. The lowest BCUT2D eigenvalue weighted by atomic mass is 9.94. The van der Waals surface area contributed by atoms with Crippen LogP contribution in [0.4, 0.5) is 11.8 Å². The smallest absolute Gasteiger partial charge is 0.246 e. The van der Waals surface area contributed by atoms with Crippen molar-refractivity contribution in [1.29, 1.82) is 0 Å². The van der Waals surface area contributed by atoms with E-state index in [1.165, 1.54) is 0 Å². The zero-order chi connectivity index (χ0) is 20.9. The first kappa shape index (κ1) is 19.7. The lowest BCUT2D eigenvalue weighted by Crippen LogP contribution is -2.38. The highest BCUT2D eigenvalue weighted by Gasteiger charge is 2.27. The van der Waals surface area contributed by atoms with Gasteiger partial charge in [-0.25, -0.2) is 19.9 Å². The van der Waals surface area contributed by atoms with Crippen LogP contribution in [0, 0.1) is 13.8 Å². The lowest BCUT2D eigenvalue weighted by Gasteiger charge is -2.32. The number of carbonyl (C=O) groups is 1. The molecule has 0 spiro atoms. The summed E-state index contributed by atoms with van der Waals surface area (Å²) in [4.78, 5) is 39.3. The average molecular weight is 404 g/mol. The molecule has 0 aliphatic carbocycles. The largest absolute Gasteiger partial charge is 0.345 e. The van der Waals surface area contributed by atoms with Crippen LogP contribution in [0.3, 0.4) is 0 Å². The third-order valence-corrected chi connectivity index (χ3v) is 4.98. The van der Waals surface area contributed by atoms with Gasteiger partial charge in [-0.1, -0.05) is 0 Å². The van der Waals surface area contributed by atoms with Crippen LogP contribution in [0.2, 0.25) is 0 Å². The first-order valence-electron chi connectivity index (χ1n) is 9.94. The van der Waals surface area contributed by atoms with Crippen molar-refractivity contribution in [3.8, 4) is 0 Å². The van der Waals surface area contributed by atoms with Crippen LogP contribution in [0.15, 0.2) is 37.1 Å². The molecule has 0 unspecified atom stereocenters. The summed E-state index contributed by atoms with van der Waals surface area (Å²) in [6.45, 7) is 5.18. The number of piperidine rings is 1. The summed E-state index contributed by atoms with van der Waals surface area (Å²) in [6.07, 6.45) is 11.8. The molecule has 0 aromatic carbocycles. The maximum atomic E-state index is 12.7. The van der Waals surface area contributed by atoms with Gasteiger partial charge in [0.05, 0.1) is 23.9 Å². The summed E-state index contributed by atoms with van der Waals surface area (Å²) in [5.41, 5.74) is 3.39. The van der Waals surface area contributed by atoms with Crippen molar-refractivity contribution < 1.29 is 4.79 Å². The van der Waals surface area contributed by atoms with Crippen molar-refractivity contribution in [3.63, 3.8) is 0 Å². The summed E-state index contributed by atoms with van der Waals surface area (Å²) < 4.78 is 0. The molecule has 1 atom stereocenters. The molecule has 0 saturated carbocycles. The van der Waals surface area contributed by atoms with Crippen LogP contribution in [0.1, 0.15) is 41.5 Å². The van der Waals surface area contributed by atoms with Crippen molar-refractivity contribution in [2.24, 2.45) is 0 Å². The second-order valence-corrected chi connectivity index (χ2v) is 7.35. The first-order chi connectivity index (χ1) is 14.6. The number of H-pyrrole nitrogens is 1. The molecule has 4 heterocycles. The Kier molecular flexibility index (Phi) is 5.78. The highest BCUT2D eigenvalue weighted by Crippen LogP contribution is 2.30. The standard InChI is InChI=1S/C21H24N8O/c1-14-10-15(2)27-21(26-14)28-20-19(23-7-8-24-20)16-4-3-9-29(12-16)18(30)6-5-17-11-22-13-25-17/h5-8,10-11,13,16H,3-4,9,12H2,1-2H3,(H,22,25)(H,24,26,27,28)/b6-5+/t16-/m1/s1. The van der Waals surface area contributed by atoms with E-state index >= 15 is 0 Å². The predicted molar refractivity (Wildman–Crippen MR) is 113 cm³/mol. The number of imidazole rings is 1. The van der Waals surface area contributed by atoms with Crippen molar-refractivity contribution in [1.82, 2.24) is 34.8 Å². The normalized spacial score (nSPS) is 16.7. The van der Waals surface area contributed by atoms with E-state index in [1.54, 1.807) is 37.1 Å². The second kappa shape index (κ2) is 8.81. The van der Waals surface area contributed by atoms with E-state index in [1.807, 2.05) is 24.8 Å². The van der Waals surface area contributed by atoms with Crippen LogP contribution in [0.25, 0.3) is 6.08 Å². The molecule has 9 heteroatoms. The Labute approximate surface area is 174 Å². The van der Waals surface area contributed by atoms with Crippen molar-refractivity contribution in [3.05, 3.63) is 59.8 Å². The molecule has 30 heavy (non-hydrogen) atoms. The minimum atomic E-state index is -0.0228. The SMILES string of the molecule is Cc1cc(C)nc(Nc2nccnc2[C@@H]2CCCN(C(=O)/C=C/c3cnc[nH]3)C2)n1. The fourth-order valence-corrected chi connectivity index (χ4v) is 3.66. The van der Waals surface area contributed by atoms with Gasteiger partial charge in [0.1, 0.15) is 0 Å². The molecule has 1 amide bonds. The molecule has 1 saturated heterocycles. The Balaban J connectivity index is 1.50. The van der Waals surface area contributed by atoms with Gasteiger partial charge in [-0.15, -0.1) is 0 Å². The third-order valence-electron chi connectivity index (χ3n) is 4.98. The van der Waals surface area contributed by atoms with Crippen LogP contribution in [-0.2, 0) is 4.79 Å². The number of rotatable bonds is 5. The van der Waals surface area contributed by atoms with Gasteiger partial charge >= 0.3 is 0 Å². The van der Waals surface area contributed by atoms with Gasteiger partial charge in [0.2, 0.25) is 11.9 Å². The van der Waals surface area contributed by atoms with Crippen LogP contribution in [0.5, 0.6) is 0 Å². The van der Waals surface area contributed by atoms with E-state index in [9.17, 15) is 4.79 Å². The molecule has 1 fully saturated rings. The molecule has 9 nitrogen and oxygen atoms in total. The fraction of sp³-hybridized carbons (Fsp3) is 0.333. The maximum Gasteiger partial charge on any atom is 0.246 e. The summed E-state index contributed by atoms with van der Waals surface area (Å²) in [6, 6.07) is 1.92. The zero-order valence-electron chi connectivity index (χ0n) is 17.0. The molecule has 4 rings (SSSR count). The number of carbonyl (C=O) groups excluding carboxylic acids is 1. The number of nitrogens with zero attached hydrogens (tertiary/aromatic N) is 6. The quantitative estimate of drug-likeness (QED) is 0.629. The number of aromatic amines is 1. The van der Waals surface area contributed by atoms with Gasteiger partial charge in [-0.2, -0.15) is 0 Å². The Morgan fingerprint density at radius 3 is 2.80 bits per heavy atom. The molecule has 1 aliphatic rings. The topological polar surface area (TPSA) is 113 Å². The van der Waals surface area contributed by atoms with Crippen molar-refractivity contribution >= 4 is 23.7 Å². The maximum absolute atomic E-state index is 12.7. The van der Waals surface area contributed by atoms with Crippen molar-refractivity contribution in [2.75, 3.05) is 18.4 Å². The molecule has 2 N–H and O–H groups in total. The number of amides is 1. The van der Waals surface area contributed by atoms with E-state index in [0.29, 0.717) is 18.3 Å². The number of hydrogen-bond acceptors (Lipinski definition) is 7. The summed E-state index contributed by atoms with van der Waals surface area (Å²) in [5.74, 6) is 1.20. The Morgan fingerprint density at radius 2 is 2.03 bits per heavy atom. The monoisotopic (exact) mass is 404 g/mol. The van der Waals surface area contributed by atoms with E-state index in [-0.39, 0.29) is 11.8 Å². The Bertz CT molecular complexity index is 1030. The third kappa shape index (κ3) is 4.68. The van der Waals surface area contributed by atoms with Crippen LogP contribution < -0.4 is 5.32 Å². The van der Waals surface area contributed by atoms with Gasteiger partial charge in [0.25, 0.3) is 0 Å². The van der Waals surface area contributed by atoms with Gasteiger partial charge in [-0.05, 0) is 38.8 Å². The van der Waals surface area contributed by atoms with Gasteiger partial charge in [0, 0.05) is 48.9 Å². The van der Waals surface area contributed by atoms with E-state index < -0.39 is 0 Å². The Morgan fingerprint density at radius 1 is 1.23 bits per heavy atom. The minimum Gasteiger partial charge on any atom is -0.345 e. The average Bonchev–Trinajstić information content (AvgIpc) is 3.25. The number of hydrogen-bond donors (Lipinski definition) is 2. The molecular formula is C21H24N8O. The number of anilines is 2. The summed E-state index contributed by atoms with van der Waals surface area (Å²) in [5, 5.41) is 3.21. The van der Waals surface area contributed by atoms with Gasteiger partial charge in [-0.3, -0.25) is 9.78 Å². The highest BCUT2D eigenvalue weighted by atomic mass is 16.2. The summed E-state index contributed by atoms with van der Waals surface area (Å²) >= 11 is 0. The molecule has 3 aromatic heterocycles. The van der Waals surface area contributed by atoms with Crippen LogP contribution in [-0.4, -0.2) is 53.8 Å². The number of likely N-dealkylation sites (tertiary alicyclic amines) is 1. The second-order valence-electron chi connectivity index (χ2n) is 7.35. The summed E-state index contributed by atoms with van der Waals surface area (Å²) in [7, 11) is 0. The van der Waals surface area contributed by atoms with Crippen molar-refractivity contribution in [2.45, 2.75) is 32.6 Å². The molecule has 1 aliphatic heterocycles. The first-order valence-corrected chi connectivity index (χ1v) is 9.94. The number of aromatic nitrogens is 6. The number of aryl methyl sites for hydroxylation is 2. The molecule has 3 aromatic rings. The lowest BCUT2D eigenvalue weighted by molar-refractivity contribution is -0.127. The van der Waals surface area contributed by atoms with E-state index in [2.05, 4.69) is 35.2 Å². The van der Waals surface area contributed by atoms with E-state index in [4.69, 9.17) is 0 Å². The van der Waals surface area contributed by atoms with E-state index in [0.717, 1.165) is 42.2 Å². The van der Waals surface area contributed by atoms with Gasteiger partial charge in [0.15, 0.2) is 5.82 Å². The molecule has 154 valence electrons. The van der Waals surface area contributed by atoms with Crippen LogP contribution >= 0.6 is 0 Å². The molecular weight excluding hydrogens is 380 g/mol.